The maximum atomic E-state index is 13.7. The monoisotopic (exact) mass is 645 g/mol. The van der Waals surface area contributed by atoms with E-state index < -0.39 is 64.2 Å². The lowest BCUT2D eigenvalue weighted by Crippen LogP contribution is -2.53. The fourth-order valence-electron chi connectivity index (χ4n) is 5.51. The first-order valence-corrected chi connectivity index (χ1v) is 14.8. The molecule has 1 aliphatic heterocycles. The number of carbonyl (C=O) groups is 2. The van der Waals surface area contributed by atoms with E-state index in [1.54, 1.807) is 23.8 Å². The predicted molar refractivity (Wildman–Crippen MR) is 142 cm³/mol. The molecule has 2 N–H and O–H groups in total. The van der Waals surface area contributed by atoms with Crippen LogP contribution in [0.15, 0.2) is 36.5 Å². The van der Waals surface area contributed by atoms with Crippen molar-refractivity contribution in [3.05, 3.63) is 70.2 Å². The summed E-state index contributed by atoms with van der Waals surface area (Å²) in [5.74, 6) is -3.86. The van der Waals surface area contributed by atoms with E-state index in [1.807, 2.05) is 6.92 Å². The number of ether oxygens (including phenoxy) is 1. The second-order valence-electron chi connectivity index (χ2n) is 10.8. The highest BCUT2D eigenvalue weighted by Crippen LogP contribution is 2.47. The number of pyridine rings is 1. The van der Waals surface area contributed by atoms with Gasteiger partial charge < -0.3 is 10.1 Å². The first-order chi connectivity index (χ1) is 20.4. The number of aryl methyl sites for hydroxylation is 1. The molecule has 44 heavy (non-hydrogen) atoms. The van der Waals surface area contributed by atoms with Crippen LogP contribution in [0.2, 0.25) is 0 Å². The van der Waals surface area contributed by atoms with Crippen LogP contribution in [0.1, 0.15) is 56.6 Å². The number of alkyl halides is 6. The third kappa shape index (κ3) is 6.23. The number of halogens is 6. The first-order valence-electron chi connectivity index (χ1n) is 13.2. The Kier molecular flexibility index (Phi) is 7.66. The Bertz CT molecular complexity index is 1740. The molecule has 5 rings (SSSR count). The van der Waals surface area contributed by atoms with Crippen LogP contribution in [0, 0.1) is 12.8 Å². The van der Waals surface area contributed by atoms with Crippen LogP contribution in [0.25, 0.3) is 5.82 Å². The number of rotatable bonds is 7. The molecular formula is C27H25F6N5O5S. The van der Waals surface area contributed by atoms with Gasteiger partial charge in [-0.05, 0) is 54.2 Å². The van der Waals surface area contributed by atoms with Crippen molar-refractivity contribution >= 4 is 21.8 Å². The molecule has 0 saturated heterocycles. The van der Waals surface area contributed by atoms with Crippen molar-refractivity contribution in [1.82, 2.24) is 24.8 Å². The number of amides is 2. The summed E-state index contributed by atoms with van der Waals surface area (Å²) in [6.45, 7) is 2.08. The summed E-state index contributed by atoms with van der Waals surface area (Å²) in [6.07, 6.45) is -9.22. The van der Waals surface area contributed by atoms with Crippen LogP contribution < -0.4 is 14.8 Å². The van der Waals surface area contributed by atoms with E-state index in [1.165, 1.54) is 24.4 Å². The number of nitrogens with one attached hydrogen (secondary N) is 2. The van der Waals surface area contributed by atoms with Gasteiger partial charge in [0, 0.05) is 12.6 Å². The van der Waals surface area contributed by atoms with Crippen molar-refractivity contribution in [2.45, 2.75) is 51.0 Å². The van der Waals surface area contributed by atoms with Gasteiger partial charge >= 0.3 is 12.4 Å². The van der Waals surface area contributed by atoms with Gasteiger partial charge in [-0.3, -0.25) is 9.59 Å². The van der Waals surface area contributed by atoms with Crippen molar-refractivity contribution in [3.8, 4) is 11.6 Å². The quantitative estimate of drug-likeness (QED) is 0.373. The minimum absolute atomic E-state index is 0.00492. The highest BCUT2D eigenvalue weighted by Gasteiger charge is 2.51. The van der Waals surface area contributed by atoms with Gasteiger partial charge in [-0.1, -0.05) is 19.1 Å². The third-order valence-corrected chi connectivity index (χ3v) is 8.76. The molecule has 0 saturated carbocycles. The summed E-state index contributed by atoms with van der Waals surface area (Å²) in [6, 6.07) is 7.46. The Morgan fingerprint density at radius 1 is 1.16 bits per heavy atom. The lowest BCUT2D eigenvalue weighted by Gasteiger charge is -2.38. The number of nitrogens with zero attached hydrogens (tertiary/aromatic N) is 3. The van der Waals surface area contributed by atoms with Crippen molar-refractivity contribution in [2.75, 3.05) is 12.4 Å². The van der Waals surface area contributed by atoms with E-state index in [9.17, 15) is 44.3 Å². The summed E-state index contributed by atoms with van der Waals surface area (Å²) < 4.78 is 108. The average molecular weight is 646 g/mol. The molecule has 236 valence electrons. The lowest BCUT2D eigenvalue weighted by atomic mass is 9.77. The van der Waals surface area contributed by atoms with Crippen molar-refractivity contribution in [3.63, 3.8) is 0 Å². The van der Waals surface area contributed by atoms with Crippen molar-refractivity contribution in [1.29, 1.82) is 0 Å². The Morgan fingerprint density at radius 3 is 2.52 bits per heavy atom. The minimum Gasteiger partial charge on any atom is -0.484 e. The number of hydrogen-bond acceptors (Lipinski definition) is 7. The summed E-state index contributed by atoms with van der Waals surface area (Å²) in [5.41, 5.74) is 0.146. The Hall–Kier alpha value is -4.15. The van der Waals surface area contributed by atoms with Crippen LogP contribution in [0.3, 0.4) is 0 Å². The van der Waals surface area contributed by atoms with E-state index in [0.29, 0.717) is 17.5 Å². The molecule has 3 aromatic rings. The fourth-order valence-corrected chi connectivity index (χ4v) is 6.49. The number of carbonyl (C=O) groups excluding carboxylic acids is 2. The lowest BCUT2D eigenvalue weighted by molar-refractivity contribution is -0.153. The molecular weight excluding hydrogens is 620 g/mol. The molecule has 17 heteroatoms. The topological polar surface area (TPSA) is 132 Å². The van der Waals surface area contributed by atoms with Crippen LogP contribution in [-0.4, -0.2) is 59.7 Å². The number of benzene rings is 1. The van der Waals surface area contributed by atoms with Crippen molar-refractivity contribution < 1.29 is 49.1 Å². The Labute approximate surface area is 246 Å². The SMILES string of the molecule is Cc1ccc(-n2nc3c(c2C(=O)NS(=O)(=O)CCC(F)(F)F)C(=O)N[C@@]2(C3)c3ccc(OCC(F)(F)F)cc3C[C@@H]2C)nc1. The van der Waals surface area contributed by atoms with Gasteiger partial charge in [0.05, 0.1) is 29.0 Å². The van der Waals surface area contributed by atoms with E-state index in [2.05, 4.69) is 15.4 Å². The molecule has 2 atom stereocenters. The second-order valence-corrected chi connectivity index (χ2v) is 12.7. The molecule has 0 fully saturated rings. The molecule has 0 bridgehead atoms. The molecule has 2 amide bonds. The summed E-state index contributed by atoms with van der Waals surface area (Å²) in [5, 5.41) is 7.34. The van der Waals surface area contributed by atoms with E-state index in [-0.39, 0.29) is 35.2 Å². The predicted octanol–water partition coefficient (Wildman–Crippen LogP) is 3.90. The van der Waals surface area contributed by atoms with Crippen molar-refractivity contribution in [2.24, 2.45) is 5.92 Å². The Morgan fingerprint density at radius 2 is 1.89 bits per heavy atom. The second kappa shape index (κ2) is 10.8. The first kappa shape index (κ1) is 31.3. The van der Waals surface area contributed by atoms with Gasteiger partial charge in [0.25, 0.3) is 11.8 Å². The highest BCUT2D eigenvalue weighted by molar-refractivity contribution is 7.90. The van der Waals surface area contributed by atoms with Crippen LogP contribution >= 0.6 is 0 Å². The molecule has 1 aromatic carbocycles. The van der Waals surface area contributed by atoms with Crippen LogP contribution in [-0.2, 0) is 28.4 Å². The van der Waals surface area contributed by atoms with E-state index in [4.69, 9.17) is 4.74 Å². The van der Waals surface area contributed by atoms with Gasteiger partial charge in [0.15, 0.2) is 12.4 Å². The molecule has 1 spiro atoms. The number of aromatic nitrogens is 3. The largest absolute Gasteiger partial charge is 0.484 e. The number of sulfonamides is 1. The van der Waals surface area contributed by atoms with E-state index in [0.717, 1.165) is 10.2 Å². The molecule has 0 radical (unpaired) electrons. The maximum absolute atomic E-state index is 13.7. The molecule has 2 aromatic heterocycles. The number of fused-ring (bicyclic) bond motifs is 3. The normalized spacial score (nSPS) is 19.8. The van der Waals surface area contributed by atoms with Gasteiger partial charge in [-0.2, -0.15) is 31.4 Å². The van der Waals surface area contributed by atoms with Crippen LogP contribution in [0.4, 0.5) is 26.3 Å². The number of hydrogen-bond donors (Lipinski definition) is 2. The summed E-state index contributed by atoms with van der Waals surface area (Å²) in [4.78, 5) is 31.3. The molecule has 10 nitrogen and oxygen atoms in total. The summed E-state index contributed by atoms with van der Waals surface area (Å²) >= 11 is 0. The smallest absolute Gasteiger partial charge is 0.422 e. The molecule has 2 aliphatic rings. The van der Waals surface area contributed by atoms with Gasteiger partial charge in [0.2, 0.25) is 10.0 Å². The third-order valence-electron chi connectivity index (χ3n) is 7.53. The van der Waals surface area contributed by atoms with Gasteiger partial charge in [-0.25, -0.2) is 22.8 Å². The van der Waals surface area contributed by atoms with Gasteiger partial charge in [-0.15, -0.1) is 0 Å². The molecule has 1 aliphatic carbocycles. The van der Waals surface area contributed by atoms with E-state index >= 15 is 0 Å². The minimum atomic E-state index is -4.79. The Balaban J connectivity index is 1.54. The zero-order valence-corrected chi connectivity index (χ0v) is 24.0. The zero-order valence-electron chi connectivity index (χ0n) is 23.1. The van der Waals surface area contributed by atoms with Gasteiger partial charge in [0.1, 0.15) is 11.4 Å². The average Bonchev–Trinajstić information content (AvgIpc) is 3.41. The van der Waals surface area contributed by atoms with Crippen LogP contribution in [0.5, 0.6) is 5.75 Å². The molecule has 0 unspecified atom stereocenters. The maximum Gasteiger partial charge on any atom is 0.422 e. The summed E-state index contributed by atoms with van der Waals surface area (Å²) in [7, 11) is -4.77. The zero-order chi connectivity index (χ0) is 32.2. The standard InChI is InChI=1S/C27H25F6N5O5S/c1-14-3-6-20(34-12-14)38-22(24(40)37-44(41,42)8-7-26(28,29)30)21-19(36-38)11-25(35-23(21)39)15(2)9-16-10-17(4-5-18(16)25)43-13-27(31,32)33/h3-6,10,12,15H,7-9,11,13H2,1-2H3,(H,35,39)(H,37,40)/t15-,25+/m0/s1. The fraction of sp³-hybridized carbons (Fsp3) is 0.407. The molecule has 3 heterocycles. The highest BCUT2D eigenvalue weighted by atomic mass is 32.2.